The summed E-state index contributed by atoms with van der Waals surface area (Å²) >= 11 is 0. The van der Waals surface area contributed by atoms with Crippen LogP contribution in [0.15, 0.2) is 18.2 Å². The number of amides is 2. The SMILES string of the molecule is CC(C)CNC(=O)[C@H](CCS(C)(=O)=O)NC[C@@H](O)[C@H](Cc1cc(F)cc(F)c1)NC(=O)OC(C)(C)C. The number of halogens is 2. The first kappa shape index (κ1) is 31.7. The molecule has 2 amide bonds. The Hall–Kier alpha value is -2.31. The molecular weight excluding hydrogens is 496 g/mol. The van der Waals surface area contributed by atoms with E-state index in [2.05, 4.69) is 16.0 Å². The van der Waals surface area contributed by atoms with Crippen molar-refractivity contribution in [2.75, 3.05) is 25.1 Å². The molecule has 0 unspecified atom stereocenters. The van der Waals surface area contributed by atoms with Gasteiger partial charge in [0, 0.05) is 25.4 Å². The zero-order chi connectivity index (χ0) is 27.7. The van der Waals surface area contributed by atoms with Gasteiger partial charge in [0.2, 0.25) is 5.91 Å². The number of alkyl carbamates (subject to hydrolysis) is 1. The number of aliphatic hydroxyl groups is 1. The molecule has 0 saturated carbocycles. The largest absolute Gasteiger partial charge is 0.444 e. The van der Waals surface area contributed by atoms with Gasteiger partial charge in [-0.1, -0.05) is 13.8 Å². The number of carbonyl (C=O) groups is 2. The molecule has 12 heteroatoms. The van der Waals surface area contributed by atoms with Crippen LogP contribution in [-0.4, -0.2) is 74.4 Å². The van der Waals surface area contributed by atoms with Gasteiger partial charge in [-0.15, -0.1) is 0 Å². The van der Waals surface area contributed by atoms with Gasteiger partial charge in [-0.25, -0.2) is 22.0 Å². The zero-order valence-electron chi connectivity index (χ0n) is 21.7. The summed E-state index contributed by atoms with van der Waals surface area (Å²) in [6.07, 6.45) is -1.27. The minimum atomic E-state index is -3.35. The highest BCUT2D eigenvalue weighted by atomic mass is 32.2. The molecule has 36 heavy (non-hydrogen) atoms. The van der Waals surface area contributed by atoms with Crippen LogP contribution in [-0.2, 0) is 25.8 Å². The number of carbonyl (C=O) groups excluding carboxylic acids is 2. The number of aliphatic hydroxyl groups excluding tert-OH is 1. The van der Waals surface area contributed by atoms with Crippen molar-refractivity contribution in [2.24, 2.45) is 5.92 Å². The molecule has 3 atom stereocenters. The Kier molecular flexibility index (Phi) is 12.2. The Balaban J connectivity index is 3.03. The van der Waals surface area contributed by atoms with Gasteiger partial charge in [0.15, 0.2) is 0 Å². The van der Waals surface area contributed by atoms with E-state index >= 15 is 0 Å². The minimum Gasteiger partial charge on any atom is -0.444 e. The number of ether oxygens (including phenoxy) is 1. The van der Waals surface area contributed by atoms with Crippen molar-refractivity contribution >= 4 is 21.8 Å². The van der Waals surface area contributed by atoms with Crippen LogP contribution in [0.3, 0.4) is 0 Å². The fourth-order valence-corrected chi connectivity index (χ4v) is 3.88. The van der Waals surface area contributed by atoms with Crippen LogP contribution in [0.25, 0.3) is 0 Å². The van der Waals surface area contributed by atoms with Crippen LogP contribution in [0.4, 0.5) is 13.6 Å². The summed E-state index contributed by atoms with van der Waals surface area (Å²) in [7, 11) is -3.35. The van der Waals surface area contributed by atoms with Crippen LogP contribution in [0.5, 0.6) is 0 Å². The first-order valence-electron chi connectivity index (χ1n) is 11.8. The second-order valence-electron chi connectivity index (χ2n) is 10.3. The van der Waals surface area contributed by atoms with E-state index in [1.165, 1.54) is 0 Å². The predicted molar refractivity (Wildman–Crippen MR) is 133 cm³/mol. The second-order valence-corrected chi connectivity index (χ2v) is 12.6. The number of rotatable bonds is 13. The van der Waals surface area contributed by atoms with Crippen LogP contribution in [0.1, 0.15) is 46.6 Å². The number of nitrogens with one attached hydrogen (secondary N) is 3. The maximum Gasteiger partial charge on any atom is 0.407 e. The highest BCUT2D eigenvalue weighted by Crippen LogP contribution is 2.13. The van der Waals surface area contributed by atoms with Crippen molar-refractivity contribution in [1.82, 2.24) is 16.0 Å². The Morgan fingerprint density at radius 1 is 1.08 bits per heavy atom. The fourth-order valence-electron chi connectivity index (χ4n) is 3.22. The van der Waals surface area contributed by atoms with Crippen LogP contribution in [0, 0.1) is 17.6 Å². The summed E-state index contributed by atoms with van der Waals surface area (Å²) in [6.45, 7) is 8.95. The number of sulfone groups is 1. The summed E-state index contributed by atoms with van der Waals surface area (Å²) in [4.78, 5) is 25.0. The third kappa shape index (κ3) is 13.7. The lowest BCUT2D eigenvalue weighted by atomic mass is 10.0. The topological polar surface area (TPSA) is 134 Å². The molecule has 0 aliphatic carbocycles. The van der Waals surface area contributed by atoms with Crippen molar-refractivity contribution in [2.45, 2.75) is 71.2 Å². The van der Waals surface area contributed by atoms with E-state index in [0.29, 0.717) is 12.6 Å². The molecular formula is C24H39F2N3O6S. The summed E-state index contributed by atoms with van der Waals surface area (Å²) in [6, 6.07) is 0.910. The minimum absolute atomic E-state index is 0.0330. The lowest BCUT2D eigenvalue weighted by Crippen LogP contribution is -2.53. The van der Waals surface area contributed by atoms with Gasteiger partial charge in [0.05, 0.1) is 23.9 Å². The van der Waals surface area contributed by atoms with E-state index < -0.39 is 57.3 Å². The number of benzene rings is 1. The van der Waals surface area contributed by atoms with Crippen molar-refractivity contribution in [1.29, 1.82) is 0 Å². The summed E-state index contributed by atoms with van der Waals surface area (Å²) < 4.78 is 55.9. The Bertz CT molecular complexity index is 962. The molecule has 1 aromatic rings. The number of hydrogen-bond donors (Lipinski definition) is 4. The molecule has 0 aliphatic rings. The van der Waals surface area contributed by atoms with E-state index in [9.17, 15) is 31.9 Å². The fraction of sp³-hybridized carbons (Fsp3) is 0.667. The highest BCUT2D eigenvalue weighted by Gasteiger charge is 2.27. The molecule has 9 nitrogen and oxygen atoms in total. The van der Waals surface area contributed by atoms with E-state index in [1.54, 1.807) is 20.8 Å². The Labute approximate surface area is 212 Å². The van der Waals surface area contributed by atoms with Crippen molar-refractivity contribution < 1.29 is 36.6 Å². The third-order valence-corrected chi connectivity index (χ3v) is 5.87. The Morgan fingerprint density at radius 2 is 1.67 bits per heavy atom. The van der Waals surface area contributed by atoms with Crippen molar-refractivity contribution in [3.05, 3.63) is 35.4 Å². The van der Waals surface area contributed by atoms with Crippen molar-refractivity contribution in [3.63, 3.8) is 0 Å². The van der Waals surface area contributed by atoms with E-state index in [0.717, 1.165) is 18.4 Å². The lowest BCUT2D eigenvalue weighted by Gasteiger charge is -2.28. The molecule has 0 spiro atoms. The maximum absolute atomic E-state index is 13.7. The molecule has 0 fully saturated rings. The second kappa shape index (κ2) is 13.8. The molecule has 0 radical (unpaired) electrons. The van der Waals surface area contributed by atoms with Gasteiger partial charge in [0.1, 0.15) is 27.1 Å². The van der Waals surface area contributed by atoms with Crippen LogP contribution in [0.2, 0.25) is 0 Å². The van der Waals surface area contributed by atoms with Gasteiger partial charge in [0.25, 0.3) is 0 Å². The summed E-state index contributed by atoms with van der Waals surface area (Å²) in [5.74, 6) is -2.13. The molecule has 0 heterocycles. The summed E-state index contributed by atoms with van der Waals surface area (Å²) in [5, 5.41) is 19.0. The predicted octanol–water partition coefficient (Wildman–Crippen LogP) is 1.93. The normalized spacial score (nSPS) is 14.7. The van der Waals surface area contributed by atoms with Gasteiger partial charge in [-0.2, -0.15) is 0 Å². The average Bonchev–Trinajstić information content (AvgIpc) is 2.68. The van der Waals surface area contributed by atoms with E-state index in [1.807, 2.05) is 13.8 Å². The highest BCUT2D eigenvalue weighted by molar-refractivity contribution is 7.90. The molecule has 206 valence electrons. The smallest absolute Gasteiger partial charge is 0.407 e. The van der Waals surface area contributed by atoms with Gasteiger partial charge in [-0.05, 0) is 57.2 Å². The first-order chi connectivity index (χ1) is 16.4. The molecule has 0 saturated heterocycles. The van der Waals surface area contributed by atoms with Crippen molar-refractivity contribution in [3.8, 4) is 0 Å². The van der Waals surface area contributed by atoms with Gasteiger partial charge >= 0.3 is 6.09 Å². The first-order valence-corrected chi connectivity index (χ1v) is 13.8. The van der Waals surface area contributed by atoms with Crippen LogP contribution < -0.4 is 16.0 Å². The molecule has 0 aromatic heterocycles. The van der Waals surface area contributed by atoms with E-state index in [-0.39, 0.29) is 36.6 Å². The molecule has 4 N–H and O–H groups in total. The zero-order valence-corrected chi connectivity index (χ0v) is 22.5. The van der Waals surface area contributed by atoms with Crippen LogP contribution >= 0.6 is 0 Å². The molecule has 0 bridgehead atoms. The third-order valence-electron chi connectivity index (χ3n) is 4.90. The maximum atomic E-state index is 13.7. The molecule has 1 rings (SSSR count). The Morgan fingerprint density at radius 3 is 2.17 bits per heavy atom. The monoisotopic (exact) mass is 535 g/mol. The lowest BCUT2D eigenvalue weighted by molar-refractivity contribution is -0.123. The standard InChI is InChI=1S/C24H39F2N3O6S/c1-15(2)13-28-22(31)19(7-8-36(6,33)34)27-14-21(30)20(29-23(32)35-24(3,4)5)11-16-9-17(25)12-18(26)10-16/h9-10,12,15,19-21,27,30H,7-8,11,13-14H2,1-6H3,(H,28,31)(H,29,32)/t19-,20-,21+/m0/s1. The average molecular weight is 536 g/mol. The van der Waals surface area contributed by atoms with E-state index in [4.69, 9.17) is 4.74 Å². The quantitative estimate of drug-likeness (QED) is 0.303. The molecule has 0 aliphatic heterocycles. The molecule has 1 aromatic carbocycles. The number of hydrogen-bond acceptors (Lipinski definition) is 7. The van der Waals surface area contributed by atoms with Gasteiger partial charge < -0.3 is 25.8 Å². The van der Waals surface area contributed by atoms with Gasteiger partial charge in [-0.3, -0.25) is 4.79 Å². The summed E-state index contributed by atoms with van der Waals surface area (Å²) in [5.41, 5.74) is -0.635.